The smallest absolute Gasteiger partial charge is 0.123 e. The Balaban J connectivity index is 2.56. The lowest BCUT2D eigenvalue weighted by Gasteiger charge is -2.13. The van der Waals surface area contributed by atoms with E-state index in [4.69, 9.17) is 0 Å². The molecule has 1 N–H and O–H groups in total. The summed E-state index contributed by atoms with van der Waals surface area (Å²) in [6.45, 7) is 8.63. The summed E-state index contributed by atoms with van der Waals surface area (Å²) in [4.78, 5) is 0. The topological polar surface area (TPSA) is 12.0 Å². The van der Waals surface area contributed by atoms with Gasteiger partial charge in [-0.3, -0.25) is 0 Å². The van der Waals surface area contributed by atoms with Gasteiger partial charge in [0, 0.05) is 12.6 Å². The van der Waals surface area contributed by atoms with Gasteiger partial charge in [0.25, 0.3) is 0 Å². The minimum Gasteiger partial charge on any atom is -0.306 e. The Labute approximate surface area is 84.6 Å². The second-order valence-corrected chi connectivity index (χ2v) is 3.61. The summed E-state index contributed by atoms with van der Waals surface area (Å²) in [5.41, 5.74) is 2.19. The van der Waals surface area contributed by atoms with E-state index in [0.29, 0.717) is 0 Å². The van der Waals surface area contributed by atoms with Crippen LogP contribution in [0.25, 0.3) is 0 Å². The third-order valence-electron chi connectivity index (χ3n) is 2.08. The molecule has 0 spiro atoms. The highest BCUT2D eigenvalue weighted by molar-refractivity contribution is 5.19. The normalized spacial score (nSPS) is 12.5. The zero-order valence-electron chi connectivity index (χ0n) is 8.68. The predicted octanol–water partition coefficient (Wildman–Crippen LogP) is 3.05. The maximum atomic E-state index is 12.6. The zero-order chi connectivity index (χ0) is 10.6. The largest absolute Gasteiger partial charge is 0.306 e. The van der Waals surface area contributed by atoms with Gasteiger partial charge < -0.3 is 5.32 Å². The minimum atomic E-state index is -0.194. The first-order chi connectivity index (χ1) is 6.59. The van der Waals surface area contributed by atoms with Crippen LogP contribution in [0.5, 0.6) is 0 Å². The van der Waals surface area contributed by atoms with Crippen molar-refractivity contribution in [2.75, 3.05) is 6.54 Å². The maximum absolute atomic E-state index is 12.6. The summed E-state index contributed by atoms with van der Waals surface area (Å²) in [7, 11) is 0. The highest BCUT2D eigenvalue weighted by atomic mass is 19.1. The molecule has 0 aliphatic carbocycles. The summed E-state index contributed by atoms with van der Waals surface area (Å²) in [5, 5.41) is 3.30. The highest BCUT2D eigenvalue weighted by Crippen LogP contribution is 2.12. The Kier molecular flexibility index (Phi) is 3.84. The summed E-state index contributed by atoms with van der Waals surface area (Å²) >= 11 is 0. The van der Waals surface area contributed by atoms with E-state index in [1.165, 1.54) is 12.1 Å². The Morgan fingerprint density at radius 2 is 2.00 bits per heavy atom. The minimum absolute atomic E-state index is 0.194. The van der Waals surface area contributed by atoms with E-state index < -0.39 is 0 Å². The first-order valence-electron chi connectivity index (χ1n) is 4.73. The van der Waals surface area contributed by atoms with Crippen molar-refractivity contribution in [1.82, 2.24) is 5.32 Å². The molecule has 1 aromatic carbocycles. The average molecular weight is 193 g/mol. The van der Waals surface area contributed by atoms with Crippen molar-refractivity contribution in [1.29, 1.82) is 0 Å². The first-order valence-corrected chi connectivity index (χ1v) is 4.73. The van der Waals surface area contributed by atoms with E-state index in [1.807, 2.05) is 6.92 Å². The van der Waals surface area contributed by atoms with Gasteiger partial charge in [0.15, 0.2) is 0 Å². The highest BCUT2D eigenvalue weighted by Gasteiger charge is 2.03. The van der Waals surface area contributed by atoms with Crippen LogP contribution in [0.1, 0.15) is 25.5 Å². The molecule has 1 nitrogen and oxygen atoms in total. The first kappa shape index (κ1) is 10.9. The van der Waals surface area contributed by atoms with Gasteiger partial charge in [0.2, 0.25) is 0 Å². The fourth-order valence-corrected chi connectivity index (χ4v) is 1.20. The van der Waals surface area contributed by atoms with E-state index in [1.54, 1.807) is 12.1 Å². The summed E-state index contributed by atoms with van der Waals surface area (Å²) in [6.07, 6.45) is 0. The van der Waals surface area contributed by atoms with Crippen LogP contribution in [-0.2, 0) is 0 Å². The van der Waals surface area contributed by atoms with Gasteiger partial charge in [-0.1, -0.05) is 24.3 Å². The Bertz CT molecular complexity index is 303. The fourth-order valence-electron chi connectivity index (χ4n) is 1.20. The molecule has 0 aromatic heterocycles. The Hall–Kier alpha value is -1.15. The molecule has 76 valence electrons. The maximum Gasteiger partial charge on any atom is 0.123 e. The van der Waals surface area contributed by atoms with Gasteiger partial charge in [-0.25, -0.2) is 4.39 Å². The van der Waals surface area contributed by atoms with Crippen molar-refractivity contribution >= 4 is 0 Å². The molecule has 0 unspecified atom stereocenters. The lowest BCUT2D eigenvalue weighted by molar-refractivity contribution is 0.599. The number of rotatable bonds is 4. The molecule has 0 amide bonds. The van der Waals surface area contributed by atoms with E-state index in [2.05, 4.69) is 18.8 Å². The molecule has 1 rings (SSSR count). The predicted molar refractivity (Wildman–Crippen MR) is 57.6 cm³/mol. The third-order valence-corrected chi connectivity index (χ3v) is 2.08. The second kappa shape index (κ2) is 4.91. The number of hydrogen-bond donors (Lipinski definition) is 1. The molecule has 0 radical (unpaired) electrons. The van der Waals surface area contributed by atoms with Gasteiger partial charge >= 0.3 is 0 Å². The summed E-state index contributed by atoms with van der Waals surface area (Å²) in [6, 6.07) is 6.78. The zero-order valence-corrected chi connectivity index (χ0v) is 8.68. The monoisotopic (exact) mass is 193 g/mol. The van der Waals surface area contributed by atoms with Crippen LogP contribution in [0.3, 0.4) is 0 Å². The van der Waals surface area contributed by atoms with Crippen LogP contribution >= 0.6 is 0 Å². The van der Waals surface area contributed by atoms with Crippen molar-refractivity contribution in [2.45, 2.75) is 19.9 Å². The van der Waals surface area contributed by atoms with E-state index in [9.17, 15) is 4.39 Å². The SMILES string of the molecule is C=C(C)CN[C@@H](C)c1ccc(F)cc1. The van der Waals surface area contributed by atoms with Crippen LogP contribution in [0.2, 0.25) is 0 Å². The fraction of sp³-hybridized carbons (Fsp3) is 0.333. The van der Waals surface area contributed by atoms with Crippen LogP contribution in [0.4, 0.5) is 4.39 Å². The molecule has 0 saturated carbocycles. The van der Waals surface area contributed by atoms with Gasteiger partial charge in [0.05, 0.1) is 0 Å². The Morgan fingerprint density at radius 1 is 1.43 bits per heavy atom. The molecule has 0 heterocycles. The lowest BCUT2D eigenvalue weighted by atomic mass is 10.1. The molecule has 1 atom stereocenters. The molecule has 0 saturated heterocycles. The third kappa shape index (κ3) is 3.30. The van der Waals surface area contributed by atoms with E-state index in [-0.39, 0.29) is 11.9 Å². The van der Waals surface area contributed by atoms with E-state index >= 15 is 0 Å². The Morgan fingerprint density at radius 3 is 2.50 bits per heavy atom. The molecule has 0 aliphatic rings. The van der Waals surface area contributed by atoms with Crippen molar-refractivity contribution < 1.29 is 4.39 Å². The van der Waals surface area contributed by atoms with E-state index in [0.717, 1.165) is 17.7 Å². The summed E-state index contributed by atoms with van der Waals surface area (Å²) < 4.78 is 12.6. The molecule has 0 fully saturated rings. The average Bonchev–Trinajstić information content (AvgIpc) is 2.15. The molecule has 2 heteroatoms. The van der Waals surface area contributed by atoms with Crippen LogP contribution in [-0.4, -0.2) is 6.54 Å². The molecule has 0 bridgehead atoms. The second-order valence-electron chi connectivity index (χ2n) is 3.61. The van der Waals surface area contributed by atoms with Gasteiger partial charge in [-0.15, -0.1) is 0 Å². The molecule has 14 heavy (non-hydrogen) atoms. The van der Waals surface area contributed by atoms with Gasteiger partial charge in [0.1, 0.15) is 5.82 Å². The standard InChI is InChI=1S/C12H16FN/c1-9(2)8-14-10(3)11-4-6-12(13)7-5-11/h4-7,10,14H,1,8H2,2-3H3/t10-/m0/s1. The van der Waals surface area contributed by atoms with Gasteiger partial charge in [-0.2, -0.15) is 0 Å². The summed E-state index contributed by atoms with van der Waals surface area (Å²) in [5.74, 6) is -0.194. The molecule has 1 aromatic rings. The van der Waals surface area contributed by atoms with Crippen molar-refractivity contribution in [3.63, 3.8) is 0 Å². The van der Waals surface area contributed by atoms with Crippen molar-refractivity contribution in [2.24, 2.45) is 0 Å². The number of nitrogens with one attached hydrogen (secondary N) is 1. The quantitative estimate of drug-likeness (QED) is 0.725. The molecular weight excluding hydrogens is 177 g/mol. The van der Waals surface area contributed by atoms with Crippen LogP contribution in [0, 0.1) is 5.82 Å². The van der Waals surface area contributed by atoms with Gasteiger partial charge in [-0.05, 0) is 31.5 Å². The number of halogens is 1. The number of benzene rings is 1. The van der Waals surface area contributed by atoms with Crippen LogP contribution in [0.15, 0.2) is 36.4 Å². The van der Waals surface area contributed by atoms with Crippen molar-refractivity contribution in [3.8, 4) is 0 Å². The number of hydrogen-bond acceptors (Lipinski definition) is 1. The van der Waals surface area contributed by atoms with Crippen molar-refractivity contribution in [3.05, 3.63) is 47.8 Å². The molecule has 0 aliphatic heterocycles. The lowest BCUT2D eigenvalue weighted by Crippen LogP contribution is -2.20. The molecular formula is C12H16FN. The van der Waals surface area contributed by atoms with Crippen LogP contribution < -0.4 is 5.32 Å².